The number of para-hydroxylation sites is 1. The summed E-state index contributed by atoms with van der Waals surface area (Å²) in [7, 11) is 0. The van der Waals surface area contributed by atoms with E-state index in [0.717, 1.165) is 0 Å². The molecule has 0 unspecified atom stereocenters. The number of anilines is 3. The zero-order valence-electron chi connectivity index (χ0n) is 35.4. The van der Waals surface area contributed by atoms with Gasteiger partial charge in [-0.25, -0.2) is 0 Å². The molecule has 3 aliphatic carbocycles. The third-order valence-corrected chi connectivity index (χ3v) is 14.4. The van der Waals surface area contributed by atoms with E-state index in [1.54, 1.807) is 0 Å². The van der Waals surface area contributed by atoms with E-state index >= 15 is 0 Å². The van der Waals surface area contributed by atoms with Gasteiger partial charge in [0.25, 0.3) is 0 Å². The van der Waals surface area contributed by atoms with Crippen molar-refractivity contribution in [3.05, 3.63) is 161 Å². The van der Waals surface area contributed by atoms with Crippen molar-refractivity contribution >= 4 is 17.1 Å². The number of hydrogen-bond acceptors (Lipinski definition) is 1. The molecule has 0 saturated heterocycles. The Balaban J connectivity index is 1.41. The normalized spacial score (nSPS) is 19.0. The van der Waals surface area contributed by atoms with Gasteiger partial charge in [0, 0.05) is 22.4 Å². The van der Waals surface area contributed by atoms with Gasteiger partial charge in [0.1, 0.15) is 0 Å². The van der Waals surface area contributed by atoms with Crippen molar-refractivity contribution in [1.29, 1.82) is 0 Å². The van der Waals surface area contributed by atoms with Gasteiger partial charge in [0.15, 0.2) is 0 Å². The third kappa shape index (κ3) is 5.71. The van der Waals surface area contributed by atoms with Crippen molar-refractivity contribution in [3.8, 4) is 33.4 Å². The molecule has 0 heterocycles. The molecule has 0 spiro atoms. The molecule has 3 aliphatic rings. The molecule has 0 radical (unpaired) electrons. The highest BCUT2D eigenvalue weighted by molar-refractivity contribution is 5.99. The average molecular weight is 734 g/mol. The molecule has 56 heavy (non-hydrogen) atoms. The molecule has 0 aromatic heterocycles. The lowest BCUT2D eigenvalue weighted by Gasteiger charge is -2.43. The van der Waals surface area contributed by atoms with Crippen LogP contribution in [0.4, 0.5) is 17.1 Å². The molecule has 0 fully saturated rings. The van der Waals surface area contributed by atoms with Crippen LogP contribution in [0.5, 0.6) is 0 Å². The van der Waals surface area contributed by atoms with Crippen molar-refractivity contribution in [3.63, 3.8) is 0 Å². The molecule has 6 aromatic rings. The summed E-state index contributed by atoms with van der Waals surface area (Å²) >= 11 is 0. The summed E-state index contributed by atoms with van der Waals surface area (Å²) < 4.78 is 0. The molecule has 0 amide bonds. The molecular weight excluding hydrogens is 675 g/mol. The molecule has 0 N–H and O–H groups in total. The van der Waals surface area contributed by atoms with E-state index in [1.807, 2.05) is 0 Å². The highest BCUT2D eigenvalue weighted by Crippen LogP contribution is 2.57. The number of nitrogens with zero attached hydrogens (tertiary/aromatic N) is 1. The second-order valence-electron chi connectivity index (χ2n) is 20.3. The van der Waals surface area contributed by atoms with Gasteiger partial charge in [-0.2, -0.15) is 0 Å². The summed E-state index contributed by atoms with van der Waals surface area (Å²) in [5.41, 5.74) is 20.5. The number of rotatable bonds is 5. The van der Waals surface area contributed by atoms with E-state index in [-0.39, 0.29) is 27.1 Å². The first-order valence-electron chi connectivity index (χ1n) is 21.0. The quantitative estimate of drug-likeness (QED) is 0.171. The summed E-state index contributed by atoms with van der Waals surface area (Å²) in [4.78, 5) is 2.58. The van der Waals surface area contributed by atoms with Crippen LogP contribution in [0.15, 0.2) is 127 Å². The predicted octanol–water partition coefficient (Wildman–Crippen LogP) is 15.5. The summed E-state index contributed by atoms with van der Waals surface area (Å²) in [5.74, 6) is 0. The maximum atomic E-state index is 2.61. The number of benzene rings is 6. The maximum Gasteiger partial charge on any atom is 0.0543 e. The van der Waals surface area contributed by atoms with Crippen molar-refractivity contribution < 1.29 is 0 Å². The summed E-state index contributed by atoms with van der Waals surface area (Å²) in [6.45, 7) is 24.4. The Labute approximate surface area is 336 Å². The zero-order chi connectivity index (χ0) is 39.4. The average Bonchev–Trinajstić information content (AvgIpc) is 3.41. The fourth-order valence-electron chi connectivity index (χ4n) is 10.6. The smallest absolute Gasteiger partial charge is 0.0543 e. The molecule has 0 aliphatic heterocycles. The second-order valence-corrected chi connectivity index (χ2v) is 20.3. The molecule has 0 atom stereocenters. The van der Waals surface area contributed by atoms with Gasteiger partial charge < -0.3 is 4.90 Å². The highest BCUT2D eigenvalue weighted by Gasteiger charge is 2.41. The minimum atomic E-state index is -0.145. The minimum Gasteiger partial charge on any atom is -0.310 e. The largest absolute Gasteiger partial charge is 0.310 e. The molecular formula is C55H59N. The first kappa shape index (κ1) is 36.7. The van der Waals surface area contributed by atoms with Gasteiger partial charge >= 0.3 is 0 Å². The second kappa shape index (κ2) is 12.6. The maximum absolute atomic E-state index is 2.61. The van der Waals surface area contributed by atoms with Crippen LogP contribution >= 0.6 is 0 Å². The van der Waals surface area contributed by atoms with Crippen LogP contribution in [-0.4, -0.2) is 0 Å². The van der Waals surface area contributed by atoms with Crippen LogP contribution in [0, 0.1) is 0 Å². The Morgan fingerprint density at radius 1 is 0.339 bits per heavy atom. The van der Waals surface area contributed by atoms with Crippen molar-refractivity contribution in [1.82, 2.24) is 0 Å². The first-order chi connectivity index (χ1) is 26.5. The van der Waals surface area contributed by atoms with Gasteiger partial charge in [0.05, 0.1) is 5.69 Å². The molecule has 0 saturated carbocycles. The molecule has 284 valence electrons. The van der Waals surface area contributed by atoms with Gasteiger partial charge in [-0.3, -0.25) is 0 Å². The van der Waals surface area contributed by atoms with E-state index in [2.05, 4.69) is 202 Å². The lowest BCUT2D eigenvalue weighted by atomic mass is 9.62. The summed E-state index contributed by atoms with van der Waals surface area (Å²) in [5, 5.41) is 0. The van der Waals surface area contributed by atoms with Gasteiger partial charge in [0.2, 0.25) is 0 Å². The Hall–Kier alpha value is -4.88. The van der Waals surface area contributed by atoms with E-state index in [0.29, 0.717) is 0 Å². The van der Waals surface area contributed by atoms with E-state index in [1.165, 1.54) is 110 Å². The number of fused-ring (bicyclic) bond motifs is 5. The fraction of sp³-hybridized carbons (Fsp3) is 0.345. The van der Waals surface area contributed by atoms with Gasteiger partial charge in [-0.1, -0.05) is 148 Å². The van der Waals surface area contributed by atoms with Crippen molar-refractivity contribution in [2.24, 2.45) is 0 Å². The van der Waals surface area contributed by atoms with Crippen LogP contribution in [0.25, 0.3) is 33.4 Å². The molecule has 0 bridgehead atoms. The summed E-state index contributed by atoms with van der Waals surface area (Å²) in [6, 6.07) is 49.1. The third-order valence-electron chi connectivity index (χ3n) is 14.4. The van der Waals surface area contributed by atoms with Crippen LogP contribution in [0.3, 0.4) is 0 Å². The van der Waals surface area contributed by atoms with Gasteiger partial charge in [-0.15, -0.1) is 0 Å². The fourth-order valence-corrected chi connectivity index (χ4v) is 10.6. The molecule has 1 heteroatoms. The van der Waals surface area contributed by atoms with Crippen LogP contribution in [-0.2, 0) is 27.1 Å². The van der Waals surface area contributed by atoms with Gasteiger partial charge in [-0.05, 0) is 157 Å². The van der Waals surface area contributed by atoms with E-state index in [9.17, 15) is 0 Å². The Morgan fingerprint density at radius 3 is 1.48 bits per heavy atom. The Kier molecular flexibility index (Phi) is 8.24. The van der Waals surface area contributed by atoms with Crippen LogP contribution in [0.2, 0.25) is 0 Å². The van der Waals surface area contributed by atoms with Crippen molar-refractivity contribution in [2.75, 3.05) is 4.90 Å². The first-order valence-corrected chi connectivity index (χ1v) is 21.0. The van der Waals surface area contributed by atoms with E-state index in [4.69, 9.17) is 0 Å². The van der Waals surface area contributed by atoms with Crippen molar-refractivity contribution in [2.45, 2.75) is 122 Å². The topological polar surface area (TPSA) is 3.24 Å². The molecule has 1 nitrogen and oxygen atoms in total. The Bertz CT molecular complexity index is 2490. The minimum absolute atomic E-state index is 0.0658. The summed E-state index contributed by atoms with van der Waals surface area (Å²) in [6.07, 6.45) is 4.74. The SMILES string of the molecule is CC1(C)CCC(C)(C)c2cc(N(c3ccccc3)c3cc4c(cc3-c3cc5c(cc3-c3ccccc3)C(C)(C)CCC5(C)C)-c3ccccc3C4(C)C)ccc21. The molecule has 9 rings (SSSR count). The number of hydrogen-bond donors (Lipinski definition) is 0. The highest BCUT2D eigenvalue weighted by atomic mass is 15.1. The predicted molar refractivity (Wildman–Crippen MR) is 240 cm³/mol. The standard InChI is InChI=1S/C55H59N/c1-51(2)27-28-52(3,4)47-31-38(25-26-45(47)51)56(37-21-15-12-16-22-37)50-35-46-42(39-23-17-18-24-44(39)55(46,9)10)32-43(50)41-34-49-48(53(5,6)29-30-54(49,7)8)33-40(41)36-19-13-11-14-20-36/h11-26,31-35H,27-30H2,1-10H3. The van der Waals surface area contributed by atoms with E-state index < -0.39 is 0 Å². The van der Waals surface area contributed by atoms with Crippen LogP contribution < -0.4 is 4.90 Å². The lowest BCUT2D eigenvalue weighted by molar-refractivity contribution is 0.332. The Morgan fingerprint density at radius 2 is 0.857 bits per heavy atom. The lowest BCUT2D eigenvalue weighted by Crippen LogP contribution is -2.34. The van der Waals surface area contributed by atoms with Crippen LogP contribution in [0.1, 0.15) is 128 Å². The zero-order valence-corrected chi connectivity index (χ0v) is 35.4. The molecule has 6 aromatic carbocycles. The monoisotopic (exact) mass is 733 g/mol.